The molecule has 2 rings (SSSR count). The molecule has 2 aromatic rings. The van der Waals surface area contributed by atoms with Gasteiger partial charge in [-0.3, -0.25) is 0 Å². The number of rotatable bonds is 4. The molecule has 0 spiro atoms. The molecule has 16 heavy (non-hydrogen) atoms. The third-order valence-corrected chi connectivity index (χ3v) is 2.09. The lowest BCUT2D eigenvalue weighted by atomic mass is 10.2. The fourth-order valence-electron chi connectivity index (χ4n) is 1.29. The Labute approximate surface area is 94.1 Å². The zero-order valence-electron chi connectivity index (χ0n) is 8.84. The molecule has 4 nitrogen and oxygen atoms in total. The van der Waals surface area contributed by atoms with E-state index in [0.717, 1.165) is 5.56 Å². The van der Waals surface area contributed by atoms with Gasteiger partial charge in [-0.05, 0) is 5.56 Å². The van der Waals surface area contributed by atoms with E-state index in [4.69, 9.17) is 10.5 Å². The molecular formula is C12H13N3O. The molecular weight excluding hydrogens is 202 g/mol. The molecule has 1 heterocycles. The average molecular weight is 215 g/mol. The first-order valence-electron chi connectivity index (χ1n) is 5.07. The van der Waals surface area contributed by atoms with Crippen LogP contribution in [0.15, 0.2) is 42.6 Å². The maximum absolute atomic E-state index is 5.53. The van der Waals surface area contributed by atoms with Crippen molar-refractivity contribution in [3.05, 3.63) is 54.0 Å². The molecule has 0 aliphatic rings. The van der Waals surface area contributed by atoms with Crippen molar-refractivity contribution < 1.29 is 4.74 Å². The molecule has 4 heteroatoms. The smallest absolute Gasteiger partial charge is 0.216 e. The van der Waals surface area contributed by atoms with Gasteiger partial charge in [-0.1, -0.05) is 30.3 Å². The van der Waals surface area contributed by atoms with Gasteiger partial charge in [-0.25, -0.2) is 4.98 Å². The highest BCUT2D eigenvalue weighted by Crippen LogP contribution is 2.08. The van der Waals surface area contributed by atoms with Crippen LogP contribution in [0.1, 0.15) is 11.4 Å². The molecule has 1 aromatic heterocycles. The molecule has 0 fully saturated rings. The number of nitrogens with two attached hydrogens (primary N) is 1. The third kappa shape index (κ3) is 2.77. The van der Waals surface area contributed by atoms with Crippen LogP contribution in [0, 0.1) is 0 Å². The van der Waals surface area contributed by atoms with Crippen molar-refractivity contribution in [2.75, 3.05) is 0 Å². The second kappa shape index (κ2) is 5.23. The Kier molecular flexibility index (Phi) is 3.46. The van der Waals surface area contributed by atoms with Crippen LogP contribution >= 0.6 is 0 Å². The Morgan fingerprint density at radius 1 is 1.12 bits per heavy atom. The Hall–Kier alpha value is -1.94. The van der Waals surface area contributed by atoms with Crippen LogP contribution < -0.4 is 10.5 Å². The minimum Gasteiger partial charge on any atom is -0.473 e. The average Bonchev–Trinajstić information content (AvgIpc) is 2.38. The maximum Gasteiger partial charge on any atom is 0.216 e. The van der Waals surface area contributed by atoms with Crippen LogP contribution in [-0.2, 0) is 13.2 Å². The number of hydrogen-bond donors (Lipinski definition) is 1. The normalized spacial score (nSPS) is 10.1. The summed E-state index contributed by atoms with van der Waals surface area (Å²) in [5.41, 5.74) is 6.55. The minimum atomic E-state index is 0.322. The van der Waals surface area contributed by atoms with Crippen LogP contribution in [0.25, 0.3) is 0 Å². The monoisotopic (exact) mass is 215 g/mol. The lowest BCUT2D eigenvalue weighted by molar-refractivity contribution is 0.292. The molecule has 0 amide bonds. The number of aromatic nitrogens is 2. The van der Waals surface area contributed by atoms with Gasteiger partial charge in [-0.15, -0.1) is 0 Å². The summed E-state index contributed by atoms with van der Waals surface area (Å²) >= 11 is 0. The van der Waals surface area contributed by atoms with Gasteiger partial charge >= 0.3 is 0 Å². The Balaban J connectivity index is 1.99. The zero-order valence-corrected chi connectivity index (χ0v) is 8.84. The van der Waals surface area contributed by atoms with Gasteiger partial charge in [0, 0.05) is 12.3 Å². The maximum atomic E-state index is 5.53. The van der Waals surface area contributed by atoms with Gasteiger partial charge in [0.25, 0.3) is 0 Å². The van der Waals surface area contributed by atoms with Crippen molar-refractivity contribution in [3.8, 4) is 5.88 Å². The summed E-state index contributed by atoms with van der Waals surface area (Å²) < 4.78 is 5.53. The van der Waals surface area contributed by atoms with Crippen LogP contribution in [-0.4, -0.2) is 9.97 Å². The Bertz CT molecular complexity index is 445. The first-order chi connectivity index (χ1) is 7.88. The highest BCUT2D eigenvalue weighted by atomic mass is 16.5. The van der Waals surface area contributed by atoms with Gasteiger partial charge in [0.1, 0.15) is 12.4 Å². The molecule has 0 aliphatic heterocycles. The molecule has 0 atom stereocenters. The quantitative estimate of drug-likeness (QED) is 0.839. The highest BCUT2D eigenvalue weighted by Gasteiger charge is 1.98. The lowest BCUT2D eigenvalue weighted by Crippen LogP contribution is -2.04. The number of ether oxygens (including phenoxy) is 1. The van der Waals surface area contributed by atoms with Crippen LogP contribution in [0.4, 0.5) is 0 Å². The second-order valence-electron chi connectivity index (χ2n) is 3.29. The highest BCUT2D eigenvalue weighted by molar-refractivity contribution is 5.15. The topological polar surface area (TPSA) is 61.0 Å². The molecule has 0 saturated heterocycles. The molecule has 0 unspecified atom stereocenters. The van der Waals surface area contributed by atoms with E-state index in [1.807, 2.05) is 30.3 Å². The van der Waals surface area contributed by atoms with E-state index >= 15 is 0 Å². The van der Waals surface area contributed by atoms with Gasteiger partial charge < -0.3 is 10.5 Å². The second-order valence-corrected chi connectivity index (χ2v) is 3.29. The Morgan fingerprint density at radius 2 is 1.94 bits per heavy atom. The predicted octanol–water partition coefficient (Wildman–Crippen LogP) is 1.51. The lowest BCUT2D eigenvalue weighted by Gasteiger charge is -2.05. The first kappa shape index (κ1) is 10.6. The number of nitrogens with zero attached hydrogens (tertiary/aromatic N) is 2. The van der Waals surface area contributed by atoms with E-state index in [0.29, 0.717) is 24.9 Å². The minimum absolute atomic E-state index is 0.322. The van der Waals surface area contributed by atoms with Gasteiger partial charge in [0.2, 0.25) is 5.88 Å². The number of hydrogen-bond acceptors (Lipinski definition) is 4. The molecule has 0 bridgehead atoms. The van der Waals surface area contributed by atoms with Crippen molar-refractivity contribution in [1.82, 2.24) is 9.97 Å². The van der Waals surface area contributed by atoms with Gasteiger partial charge in [0.15, 0.2) is 0 Å². The summed E-state index contributed by atoms with van der Waals surface area (Å²) in [7, 11) is 0. The largest absolute Gasteiger partial charge is 0.473 e. The van der Waals surface area contributed by atoms with E-state index < -0.39 is 0 Å². The first-order valence-corrected chi connectivity index (χ1v) is 5.07. The SMILES string of the molecule is NCc1nccc(OCc2ccccc2)n1. The predicted molar refractivity (Wildman–Crippen MR) is 60.7 cm³/mol. The Morgan fingerprint density at radius 3 is 2.69 bits per heavy atom. The van der Waals surface area contributed by atoms with E-state index in [2.05, 4.69) is 9.97 Å². The molecule has 82 valence electrons. The summed E-state index contributed by atoms with van der Waals surface area (Å²) in [5.74, 6) is 1.14. The molecule has 0 radical (unpaired) electrons. The zero-order chi connectivity index (χ0) is 11.2. The van der Waals surface area contributed by atoms with E-state index in [1.54, 1.807) is 12.3 Å². The van der Waals surface area contributed by atoms with Crippen molar-refractivity contribution in [3.63, 3.8) is 0 Å². The molecule has 0 saturated carbocycles. The van der Waals surface area contributed by atoms with E-state index in [1.165, 1.54) is 0 Å². The molecule has 1 aromatic carbocycles. The van der Waals surface area contributed by atoms with Crippen molar-refractivity contribution in [2.24, 2.45) is 5.73 Å². The van der Waals surface area contributed by atoms with Crippen molar-refractivity contribution in [2.45, 2.75) is 13.2 Å². The standard InChI is InChI=1S/C12H13N3O/c13-8-11-14-7-6-12(15-11)16-9-10-4-2-1-3-5-10/h1-7H,8-9,13H2. The number of benzene rings is 1. The fourth-order valence-corrected chi connectivity index (χ4v) is 1.29. The van der Waals surface area contributed by atoms with Gasteiger partial charge in [0.05, 0.1) is 6.54 Å². The van der Waals surface area contributed by atoms with Crippen molar-refractivity contribution >= 4 is 0 Å². The van der Waals surface area contributed by atoms with Crippen molar-refractivity contribution in [1.29, 1.82) is 0 Å². The summed E-state index contributed by atoms with van der Waals surface area (Å²) in [5, 5.41) is 0. The summed E-state index contributed by atoms with van der Waals surface area (Å²) in [6.07, 6.45) is 1.65. The third-order valence-electron chi connectivity index (χ3n) is 2.09. The van der Waals surface area contributed by atoms with E-state index in [9.17, 15) is 0 Å². The summed E-state index contributed by atoms with van der Waals surface area (Å²) in [6, 6.07) is 11.7. The summed E-state index contributed by atoms with van der Waals surface area (Å²) in [6.45, 7) is 0.824. The van der Waals surface area contributed by atoms with E-state index in [-0.39, 0.29) is 0 Å². The van der Waals surface area contributed by atoms with Crippen LogP contribution in [0.2, 0.25) is 0 Å². The van der Waals surface area contributed by atoms with Crippen LogP contribution in [0.5, 0.6) is 5.88 Å². The van der Waals surface area contributed by atoms with Gasteiger partial charge in [-0.2, -0.15) is 4.98 Å². The molecule has 2 N–H and O–H groups in total. The molecule has 0 aliphatic carbocycles. The summed E-state index contributed by atoms with van der Waals surface area (Å²) in [4.78, 5) is 8.14. The van der Waals surface area contributed by atoms with Crippen LogP contribution in [0.3, 0.4) is 0 Å². The fraction of sp³-hybridized carbons (Fsp3) is 0.167.